The number of aryl methyl sites for hydroxylation is 1. The maximum atomic E-state index is 10.4. The second-order valence-corrected chi connectivity index (χ2v) is 3.00. The van der Waals surface area contributed by atoms with E-state index in [1.807, 2.05) is 0 Å². The molecular weight excluding hydrogens is 164 g/mol. The van der Waals surface area contributed by atoms with Gasteiger partial charge < -0.3 is 10.8 Å². The van der Waals surface area contributed by atoms with Crippen molar-refractivity contribution in [3.8, 4) is 0 Å². The lowest BCUT2D eigenvalue weighted by Crippen LogP contribution is -2.20. The Hall–Kier alpha value is -0.940. The van der Waals surface area contributed by atoms with Gasteiger partial charge in [0.15, 0.2) is 0 Å². The van der Waals surface area contributed by atoms with Crippen LogP contribution in [0.25, 0.3) is 0 Å². The molecule has 0 saturated carbocycles. The maximum Gasteiger partial charge on any atom is 0.326 e. The monoisotopic (exact) mass is 172 g/mol. The van der Waals surface area contributed by atoms with Gasteiger partial charge in [-0.15, -0.1) is 11.3 Å². The first-order valence-corrected chi connectivity index (χ1v) is 3.89. The number of nitrogens with two attached hydrogens (primary N) is 1. The predicted octanol–water partition coefficient (Wildman–Crippen LogP) is 0.536. The highest BCUT2D eigenvalue weighted by atomic mass is 32.1. The van der Waals surface area contributed by atoms with Crippen molar-refractivity contribution in [2.24, 2.45) is 5.73 Å². The molecule has 0 saturated heterocycles. The molecule has 60 valence electrons. The van der Waals surface area contributed by atoms with Gasteiger partial charge in [0.2, 0.25) is 0 Å². The number of carbonyl (C=O) groups is 1. The average molecular weight is 172 g/mol. The number of hydrogen-bond acceptors (Lipinski definition) is 4. The summed E-state index contributed by atoms with van der Waals surface area (Å²) in [4.78, 5) is 14.9. The fraction of sp³-hybridized carbons (Fsp3) is 0.333. The largest absolute Gasteiger partial charge is 0.480 e. The Morgan fingerprint density at radius 2 is 2.55 bits per heavy atom. The van der Waals surface area contributed by atoms with E-state index in [4.69, 9.17) is 10.8 Å². The number of aromatic nitrogens is 1. The summed E-state index contributed by atoms with van der Waals surface area (Å²) in [5.41, 5.74) is 7.64. The quantitative estimate of drug-likeness (QED) is 0.682. The van der Waals surface area contributed by atoms with E-state index >= 15 is 0 Å². The number of carboxylic acids is 1. The summed E-state index contributed by atoms with van der Waals surface area (Å²) in [5.74, 6) is -1.02. The van der Waals surface area contributed by atoms with Crippen LogP contribution in [0.1, 0.15) is 16.6 Å². The highest BCUT2D eigenvalue weighted by Gasteiger charge is 2.17. The maximum absolute atomic E-state index is 10.4. The zero-order chi connectivity index (χ0) is 8.43. The van der Waals surface area contributed by atoms with Gasteiger partial charge in [0.1, 0.15) is 6.04 Å². The molecule has 1 aromatic heterocycles. The number of carboxylic acid groups (broad SMARTS) is 1. The van der Waals surface area contributed by atoms with E-state index < -0.39 is 12.0 Å². The molecule has 1 heterocycles. The number of nitrogens with zero attached hydrogens (tertiary/aromatic N) is 1. The van der Waals surface area contributed by atoms with E-state index in [9.17, 15) is 4.79 Å². The number of hydrogen-bond donors (Lipinski definition) is 2. The number of thiazole rings is 1. The molecule has 1 atom stereocenters. The fourth-order valence-electron chi connectivity index (χ4n) is 0.722. The van der Waals surface area contributed by atoms with E-state index in [0.717, 1.165) is 0 Å². The summed E-state index contributed by atoms with van der Waals surface area (Å²) in [5, 5.41) is 8.53. The van der Waals surface area contributed by atoms with Crippen molar-refractivity contribution >= 4 is 17.3 Å². The molecule has 0 radical (unpaired) electrons. The zero-order valence-corrected chi connectivity index (χ0v) is 6.76. The van der Waals surface area contributed by atoms with E-state index in [1.165, 1.54) is 11.3 Å². The Kier molecular flexibility index (Phi) is 2.21. The Labute approximate surface area is 67.7 Å². The van der Waals surface area contributed by atoms with E-state index in [-0.39, 0.29) is 0 Å². The van der Waals surface area contributed by atoms with Gasteiger partial charge in [-0.3, -0.25) is 4.79 Å². The second-order valence-electron chi connectivity index (χ2n) is 2.12. The molecule has 3 N–H and O–H groups in total. The third kappa shape index (κ3) is 1.55. The number of rotatable bonds is 2. The second kappa shape index (κ2) is 2.98. The summed E-state index contributed by atoms with van der Waals surface area (Å²) in [6.07, 6.45) is 0. The Morgan fingerprint density at radius 3 is 2.91 bits per heavy atom. The van der Waals surface area contributed by atoms with E-state index in [2.05, 4.69) is 4.98 Å². The van der Waals surface area contributed by atoms with Gasteiger partial charge in [0.25, 0.3) is 0 Å². The van der Waals surface area contributed by atoms with Gasteiger partial charge in [0.05, 0.1) is 16.1 Å². The van der Waals surface area contributed by atoms with Gasteiger partial charge in [-0.25, -0.2) is 4.98 Å². The van der Waals surface area contributed by atoms with Gasteiger partial charge in [-0.05, 0) is 6.92 Å². The molecule has 11 heavy (non-hydrogen) atoms. The van der Waals surface area contributed by atoms with Crippen LogP contribution in [0.4, 0.5) is 0 Å². The van der Waals surface area contributed by atoms with Crippen LogP contribution in [-0.4, -0.2) is 16.1 Å². The van der Waals surface area contributed by atoms with Crippen LogP contribution < -0.4 is 5.73 Å². The third-order valence-corrected chi connectivity index (χ3v) is 2.35. The molecule has 0 aromatic carbocycles. The van der Waals surface area contributed by atoms with Crippen LogP contribution in [0.2, 0.25) is 0 Å². The normalized spacial score (nSPS) is 12.9. The first kappa shape index (κ1) is 8.16. The molecule has 0 unspecified atom stereocenters. The molecule has 1 aromatic rings. The molecule has 0 amide bonds. The highest BCUT2D eigenvalue weighted by molar-refractivity contribution is 7.10. The molecule has 0 spiro atoms. The topological polar surface area (TPSA) is 76.2 Å². The van der Waals surface area contributed by atoms with Gasteiger partial charge in [-0.1, -0.05) is 0 Å². The van der Waals surface area contributed by atoms with Crippen molar-refractivity contribution in [2.75, 3.05) is 0 Å². The minimum Gasteiger partial charge on any atom is -0.480 e. The SMILES string of the molecule is Cc1ncsc1[C@H](N)C(=O)O. The van der Waals surface area contributed by atoms with Crippen molar-refractivity contribution in [3.63, 3.8) is 0 Å². The molecule has 0 bridgehead atoms. The Bertz CT molecular complexity index is 271. The lowest BCUT2D eigenvalue weighted by Gasteiger charge is -2.02. The molecule has 5 heteroatoms. The molecule has 0 aliphatic rings. The van der Waals surface area contributed by atoms with Gasteiger partial charge in [0, 0.05) is 0 Å². The van der Waals surface area contributed by atoms with Crippen molar-refractivity contribution in [1.29, 1.82) is 0 Å². The summed E-state index contributed by atoms with van der Waals surface area (Å²) in [6.45, 7) is 1.74. The lowest BCUT2D eigenvalue weighted by molar-refractivity contribution is -0.138. The molecular formula is C6H8N2O2S. The van der Waals surface area contributed by atoms with Crippen molar-refractivity contribution in [1.82, 2.24) is 4.98 Å². The van der Waals surface area contributed by atoms with Crippen molar-refractivity contribution < 1.29 is 9.90 Å². The molecule has 1 rings (SSSR count). The predicted molar refractivity (Wildman–Crippen MR) is 41.4 cm³/mol. The third-order valence-electron chi connectivity index (χ3n) is 1.33. The molecule has 0 aliphatic heterocycles. The smallest absolute Gasteiger partial charge is 0.326 e. The fourth-order valence-corrected chi connectivity index (χ4v) is 1.52. The van der Waals surface area contributed by atoms with Crippen LogP contribution >= 0.6 is 11.3 Å². The van der Waals surface area contributed by atoms with Crippen molar-refractivity contribution in [2.45, 2.75) is 13.0 Å². The van der Waals surface area contributed by atoms with Gasteiger partial charge >= 0.3 is 5.97 Å². The average Bonchev–Trinajstić information content (AvgIpc) is 2.33. The summed E-state index contributed by atoms with van der Waals surface area (Å²) < 4.78 is 0. The summed E-state index contributed by atoms with van der Waals surface area (Å²) in [6, 6.07) is -0.928. The van der Waals surface area contributed by atoms with Crippen LogP contribution in [0.15, 0.2) is 5.51 Å². The standard InChI is InChI=1S/C6H8N2O2S/c1-3-5(11-2-8-3)4(7)6(9)10/h2,4H,7H2,1H3,(H,9,10)/t4-/m0/s1. The van der Waals surface area contributed by atoms with E-state index in [1.54, 1.807) is 12.4 Å². The first-order chi connectivity index (χ1) is 5.13. The lowest BCUT2D eigenvalue weighted by atomic mass is 10.2. The first-order valence-electron chi connectivity index (χ1n) is 3.01. The summed E-state index contributed by atoms with van der Waals surface area (Å²) >= 11 is 1.27. The van der Waals surface area contributed by atoms with E-state index in [0.29, 0.717) is 10.6 Å². The van der Waals surface area contributed by atoms with Crippen molar-refractivity contribution in [3.05, 3.63) is 16.1 Å². The zero-order valence-electron chi connectivity index (χ0n) is 5.94. The van der Waals surface area contributed by atoms with Crippen LogP contribution in [0, 0.1) is 6.92 Å². The minimum atomic E-state index is -1.02. The Balaban J connectivity index is 2.92. The van der Waals surface area contributed by atoms with Gasteiger partial charge in [-0.2, -0.15) is 0 Å². The number of aliphatic carboxylic acids is 1. The minimum absolute atomic E-state index is 0.623. The van der Waals surface area contributed by atoms with Crippen LogP contribution in [-0.2, 0) is 4.79 Å². The Morgan fingerprint density at radius 1 is 1.91 bits per heavy atom. The highest BCUT2D eigenvalue weighted by Crippen LogP contribution is 2.19. The van der Waals surface area contributed by atoms with Crippen LogP contribution in [0.5, 0.6) is 0 Å². The van der Waals surface area contributed by atoms with Crippen LogP contribution in [0.3, 0.4) is 0 Å². The molecule has 0 fully saturated rings. The summed E-state index contributed by atoms with van der Waals surface area (Å²) in [7, 11) is 0. The molecule has 4 nitrogen and oxygen atoms in total. The molecule has 0 aliphatic carbocycles.